The molecule has 2 heterocycles. The lowest BCUT2D eigenvalue weighted by Gasteiger charge is -2.10. The van der Waals surface area contributed by atoms with Crippen LogP contribution in [0.25, 0.3) is 0 Å². The number of nitrogens with zero attached hydrogens (tertiary/aromatic N) is 3. The third-order valence-corrected chi connectivity index (χ3v) is 6.60. The summed E-state index contributed by atoms with van der Waals surface area (Å²) >= 11 is 8.90. The first kappa shape index (κ1) is 22.3. The van der Waals surface area contributed by atoms with E-state index in [1.807, 2.05) is 30.3 Å². The van der Waals surface area contributed by atoms with E-state index >= 15 is 0 Å². The Morgan fingerprint density at radius 2 is 1.78 bits per heavy atom. The number of thioether (sulfide) groups is 1. The topological polar surface area (TPSA) is 67.8 Å². The van der Waals surface area contributed by atoms with Crippen molar-refractivity contribution in [2.24, 2.45) is 0 Å². The van der Waals surface area contributed by atoms with Crippen molar-refractivity contribution in [2.45, 2.75) is 27.6 Å². The van der Waals surface area contributed by atoms with E-state index in [0.717, 1.165) is 4.90 Å². The van der Waals surface area contributed by atoms with Crippen LogP contribution in [-0.2, 0) is 5.75 Å². The molecule has 1 N–H and O–H groups in total. The van der Waals surface area contributed by atoms with Gasteiger partial charge in [0.1, 0.15) is 11.5 Å². The molecular weight excluding hydrogens is 460 g/mol. The van der Waals surface area contributed by atoms with Crippen LogP contribution in [0, 0.1) is 6.92 Å². The highest BCUT2D eigenvalue weighted by Gasteiger charge is 2.17. The van der Waals surface area contributed by atoms with Gasteiger partial charge in [0, 0.05) is 28.1 Å². The van der Waals surface area contributed by atoms with Gasteiger partial charge in [-0.25, -0.2) is 15.0 Å². The average Bonchev–Trinajstić information content (AvgIpc) is 2.81. The molecule has 4 aromatic rings. The van der Waals surface area contributed by atoms with Crippen LogP contribution in [-0.4, -0.2) is 20.9 Å². The molecule has 0 radical (unpaired) electrons. The Morgan fingerprint density at radius 3 is 2.50 bits per heavy atom. The molecule has 0 fully saturated rings. The second-order valence-electron chi connectivity index (χ2n) is 6.86. The molecule has 0 aliphatic rings. The van der Waals surface area contributed by atoms with Gasteiger partial charge in [-0.05, 0) is 48.9 Å². The van der Waals surface area contributed by atoms with Crippen LogP contribution in [0.2, 0.25) is 5.02 Å². The lowest BCUT2D eigenvalue weighted by molar-refractivity contribution is 0.101. The van der Waals surface area contributed by atoms with Crippen molar-refractivity contribution < 1.29 is 4.79 Å². The van der Waals surface area contributed by atoms with E-state index in [-0.39, 0.29) is 5.91 Å². The molecule has 4 rings (SSSR count). The Kier molecular flexibility index (Phi) is 7.42. The summed E-state index contributed by atoms with van der Waals surface area (Å²) in [6.07, 6.45) is 3.32. The molecule has 8 heteroatoms. The number of anilines is 1. The summed E-state index contributed by atoms with van der Waals surface area (Å²) in [5.41, 5.74) is 2.69. The number of amides is 1. The maximum atomic E-state index is 13.1. The molecule has 0 aliphatic heterocycles. The first-order valence-corrected chi connectivity index (χ1v) is 12.0. The standard InChI is InChI=1S/C24H19ClN4OS2/c1-16-5-7-17(8-6-16)15-31-24-27-14-20(32-19-11-9-18(25)10-12-19)22(29-24)23(30)28-21-4-2-3-13-26-21/h2-14H,15H2,1H3,(H,26,28,30). The van der Waals surface area contributed by atoms with Crippen LogP contribution in [0.4, 0.5) is 5.82 Å². The molecule has 160 valence electrons. The number of hydrogen-bond acceptors (Lipinski definition) is 6. The highest BCUT2D eigenvalue weighted by molar-refractivity contribution is 7.99. The molecule has 5 nitrogen and oxygen atoms in total. The Hall–Kier alpha value is -2.87. The van der Waals surface area contributed by atoms with Gasteiger partial charge in [-0.3, -0.25) is 4.79 Å². The van der Waals surface area contributed by atoms with Crippen LogP contribution in [0.5, 0.6) is 0 Å². The number of rotatable bonds is 7. The van der Waals surface area contributed by atoms with E-state index in [1.54, 1.807) is 24.5 Å². The van der Waals surface area contributed by atoms with Gasteiger partial charge in [0.05, 0.1) is 4.90 Å². The van der Waals surface area contributed by atoms with E-state index < -0.39 is 0 Å². The van der Waals surface area contributed by atoms with Crippen molar-refractivity contribution in [2.75, 3.05) is 5.32 Å². The summed E-state index contributed by atoms with van der Waals surface area (Å²) in [7, 11) is 0. The van der Waals surface area contributed by atoms with Crippen molar-refractivity contribution in [3.63, 3.8) is 0 Å². The minimum absolute atomic E-state index is 0.303. The van der Waals surface area contributed by atoms with Gasteiger partial charge < -0.3 is 5.32 Å². The quantitative estimate of drug-likeness (QED) is 0.240. The minimum Gasteiger partial charge on any atom is -0.305 e. The van der Waals surface area contributed by atoms with Crippen molar-refractivity contribution in [3.8, 4) is 0 Å². The molecule has 0 bridgehead atoms. The van der Waals surface area contributed by atoms with Gasteiger partial charge in [-0.1, -0.05) is 71.0 Å². The van der Waals surface area contributed by atoms with Crippen LogP contribution in [0.1, 0.15) is 21.6 Å². The lowest BCUT2D eigenvalue weighted by atomic mass is 10.2. The minimum atomic E-state index is -0.334. The molecule has 0 atom stereocenters. The molecule has 2 aromatic heterocycles. The zero-order valence-corrected chi connectivity index (χ0v) is 19.5. The SMILES string of the molecule is Cc1ccc(CSc2ncc(Sc3ccc(Cl)cc3)c(C(=O)Nc3ccccn3)n2)cc1. The van der Waals surface area contributed by atoms with E-state index in [0.29, 0.717) is 32.3 Å². The number of pyridine rings is 1. The Bertz CT molecular complexity index is 1200. The number of carbonyl (C=O) groups excluding carboxylic acids is 1. The first-order valence-electron chi connectivity index (χ1n) is 9.78. The molecule has 0 saturated carbocycles. The number of aryl methyl sites for hydroxylation is 1. The van der Waals surface area contributed by atoms with E-state index in [1.165, 1.54) is 34.7 Å². The molecule has 2 aromatic carbocycles. The van der Waals surface area contributed by atoms with E-state index in [9.17, 15) is 4.79 Å². The van der Waals surface area contributed by atoms with Crippen molar-refractivity contribution in [1.82, 2.24) is 15.0 Å². The first-order chi connectivity index (χ1) is 15.6. The van der Waals surface area contributed by atoms with Crippen LogP contribution in [0.15, 0.2) is 94.1 Å². The highest BCUT2D eigenvalue weighted by atomic mass is 35.5. The van der Waals surface area contributed by atoms with E-state index in [2.05, 4.69) is 51.5 Å². The van der Waals surface area contributed by atoms with E-state index in [4.69, 9.17) is 11.6 Å². The maximum absolute atomic E-state index is 13.1. The van der Waals surface area contributed by atoms with Gasteiger partial charge in [0.2, 0.25) is 0 Å². The fourth-order valence-corrected chi connectivity index (χ4v) is 4.50. The molecule has 0 saturated heterocycles. The molecule has 0 aliphatic carbocycles. The normalized spacial score (nSPS) is 10.7. The van der Waals surface area contributed by atoms with Gasteiger partial charge in [0.25, 0.3) is 5.91 Å². The van der Waals surface area contributed by atoms with Crippen molar-refractivity contribution in [3.05, 3.63) is 101 Å². The predicted octanol–water partition coefficient (Wildman–Crippen LogP) is 6.53. The Labute approximate surface area is 200 Å². The summed E-state index contributed by atoms with van der Waals surface area (Å²) < 4.78 is 0. The number of nitrogens with one attached hydrogen (secondary N) is 1. The average molecular weight is 479 g/mol. The molecule has 0 unspecified atom stereocenters. The van der Waals surface area contributed by atoms with Crippen LogP contribution in [0.3, 0.4) is 0 Å². The Morgan fingerprint density at radius 1 is 1.00 bits per heavy atom. The van der Waals surface area contributed by atoms with Gasteiger partial charge in [0.15, 0.2) is 5.16 Å². The number of aromatic nitrogens is 3. The van der Waals surface area contributed by atoms with Gasteiger partial charge >= 0.3 is 0 Å². The third-order valence-electron chi connectivity index (χ3n) is 4.38. The maximum Gasteiger partial charge on any atom is 0.276 e. The Balaban J connectivity index is 1.58. The van der Waals surface area contributed by atoms with Crippen molar-refractivity contribution >= 4 is 46.8 Å². The molecule has 0 spiro atoms. The zero-order valence-electron chi connectivity index (χ0n) is 17.2. The predicted molar refractivity (Wildman–Crippen MR) is 131 cm³/mol. The summed E-state index contributed by atoms with van der Waals surface area (Å²) in [6.45, 7) is 2.06. The number of carbonyl (C=O) groups is 1. The number of halogens is 1. The second kappa shape index (κ2) is 10.6. The molecular formula is C24H19ClN4OS2. The highest BCUT2D eigenvalue weighted by Crippen LogP contribution is 2.32. The fraction of sp³-hybridized carbons (Fsp3) is 0.0833. The van der Waals surface area contributed by atoms with Crippen LogP contribution >= 0.6 is 35.1 Å². The number of benzene rings is 2. The molecule has 32 heavy (non-hydrogen) atoms. The fourth-order valence-electron chi connectivity index (χ4n) is 2.74. The molecule has 1 amide bonds. The lowest BCUT2D eigenvalue weighted by Crippen LogP contribution is -2.16. The smallest absolute Gasteiger partial charge is 0.276 e. The summed E-state index contributed by atoms with van der Waals surface area (Å²) in [5, 5.41) is 4.01. The van der Waals surface area contributed by atoms with Gasteiger partial charge in [-0.15, -0.1) is 0 Å². The largest absolute Gasteiger partial charge is 0.305 e. The summed E-state index contributed by atoms with van der Waals surface area (Å²) in [5.74, 6) is 0.845. The number of hydrogen-bond donors (Lipinski definition) is 1. The summed E-state index contributed by atoms with van der Waals surface area (Å²) in [6, 6.07) is 21.1. The van der Waals surface area contributed by atoms with Crippen molar-refractivity contribution in [1.29, 1.82) is 0 Å². The zero-order chi connectivity index (χ0) is 22.3. The summed E-state index contributed by atoms with van der Waals surface area (Å²) in [4.78, 5) is 27.9. The third kappa shape index (κ3) is 6.09. The van der Waals surface area contributed by atoms with Gasteiger partial charge in [-0.2, -0.15) is 0 Å². The monoisotopic (exact) mass is 478 g/mol. The van der Waals surface area contributed by atoms with Crippen LogP contribution < -0.4 is 5.32 Å². The second-order valence-corrected chi connectivity index (χ2v) is 9.36.